The number of hydrogen-bond acceptors (Lipinski definition) is 3. The van der Waals surface area contributed by atoms with E-state index in [-0.39, 0.29) is 30.2 Å². The molecule has 7 heteroatoms. The minimum atomic E-state index is -0.471. The number of nitrogens with one attached hydrogen (secondary N) is 1. The minimum Gasteiger partial charge on any atom is -0.339 e. The number of rotatable bonds is 4. The topological polar surface area (TPSA) is 67.2 Å². The van der Waals surface area contributed by atoms with Crippen molar-refractivity contribution in [3.8, 4) is 5.69 Å². The maximum absolute atomic E-state index is 14.3. The van der Waals surface area contributed by atoms with Gasteiger partial charge in [-0.15, -0.1) is 0 Å². The quantitative estimate of drug-likeness (QED) is 0.916. The first-order chi connectivity index (χ1) is 12.6. The predicted octanol–water partition coefficient (Wildman–Crippen LogP) is 2.74. The molecule has 2 heterocycles. The minimum absolute atomic E-state index is 0.0530. The molecule has 1 aliphatic carbocycles. The van der Waals surface area contributed by atoms with Gasteiger partial charge in [-0.05, 0) is 37.1 Å². The summed E-state index contributed by atoms with van der Waals surface area (Å²) in [7, 11) is 0. The van der Waals surface area contributed by atoms with Crippen molar-refractivity contribution in [2.24, 2.45) is 5.92 Å². The number of likely N-dealkylation sites (tertiary alicyclic amines) is 1. The van der Waals surface area contributed by atoms with Crippen LogP contribution in [0.15, 0.2) is 36.7 Å². The van der Waals surface area contributed by atoms with E-state index in [4.69, 9.17) is 0 Å². The Morgan fingerprint density at radius 2 is 2.08 bits per heavy atom. The average Bonchev–Trinajstić information content (AvgIpc) is 3.36. The highest BCUT2D eigenvalue weighted by Gasteiger charge is 2.38. The number of amides is 2. The maximum atomic E-state index is 14.3. The molecule has 1 atom stereocenters. The van der Waals surface area contributed by atoms with E-state index in [1.165, 1.54) is 10.7 Å². The summed E-state index contributed by atoms with van der Waals surface area (Å²) in [4.78, 5) is 26.6. The molecule has 1 saturated carbocycles. The zero-order chi connectivity index (χ0) is 18.1. The molecule has 1 saturated heterocycles. The SMILES string of the molecule is O=C(Nc1ccc(-n2cccn2)c(F)c1)C1CC(=O)N(C2CCCC2)C1. The molecule has 0 radical (unpaired) electrons. The highest BCUT2D eigenvalue weighted by molar-refractivity contribution is 5.97. The normalized spacial score (nSPS) is 20.7. The molecule has 6 nitrogen and oxygen atoms in total. The molecule has 1 aliphatic heterocycles. The Balaban J connectivity index is 1.42. The van der Waals surface area contributed by atoms with Crippen LogP contribution in [0.5, 0.6) is 0 Å². The van der Waals surface area contributed by atoms with Crippen LogP contribution >= 0.6 is 0 Å². The Labute approximate surface area is 151 Å². The summed E-state index contributed by atoms with van der Waals surface area (Å²) in [6.07, 6.45) is 7.80. The van der Waals surface area contributed by atoms with E-state index in [1.807, 2.05) is 4.90 Å². The summed E-state index contributed by atoms with van der Waals surface area (Å²) in [5.41, 5.74) is 0.701. The lowest BCUT2D eigenvalue weighted by atomic mass is 10.1. The average molecular weight is 356 g/mol. The number of nitrogens with zero attached hydrogens (tertiary/aromatic N) is 3. The van der Waals surface area contributed by atoms with Crippen molar-refractivity contribution in [1.82, 2.24) is 14.7 Å². The van der Waals surface area contributed by atoms with Crippen LogP contribution in [0.3, 0.4) is 0 Å². The van der Waals surface area contributed by atoms with E-state index in [0.717, 1.165) is 25.7 Å². The monoisotopic (exact) mass is 356 g/mol. The standard InChI is InChI=1S/C19H21FN4O2/c20-16-11-14(6-7-17(16)24-9-3-8-21-24)22-19(26)13-10-18(25)23(12-13)15-4-1-2-5-15/h3,6-9,11,13,15H,1-2,4-5,10,12H2,(H,22,26). The fourth-order valence-electron chi connectivity index (χ4n) is 3.90. The molecule has 0 bridgehead atoms. The molecule has 2 fully saturated rings. The molecule has 1 unspecified atom stereocenters. The van der Waals surface area contributed by atoms with Gasteiger partial charge in [0.2, 0.25) is 11.8 Å². The molecule has 4 rings (SSSR count). The number of carbonyl (C=O) groups excluding carboxylic acids is 2. The van der Waals surface area contributed by atoms with Crippen LogP contribution in [0.4, 0.5) is 10.1 Å². The molecule has 1 aromatic heterocycles. The van der Waals surface area contributed by atoms with E-state index < -0.39 is 5.82 Å². The van der Waals surface area contributed by atoms with Gasteiger partial charge >= 0.3 is 0 Å². The number of hydrogen-bond donors (Lipinski definition) is 1. The van der Waals surface area contributed by atoms with Gasteiger partial charge in [0.15, 0.2) is 5.82 Å². The Hall–Kier alpha value is -2.70. The molecule has 1 N–H and O–H groups in total. The van der Waals surface area contributed by atoms with Crippen molar-refractivity contribution in [1.29, 1.82) is 0 Å². The predicted molar refractivity (Wildman–Crippen MR) is 94.2 cm³/mol. The Kier molecular flexibility index (Phi) is 4.44. The lowest BCUT2D eigenvalue weighted by Crippen LogP contribution is -2.35. The summed E-state index contributed by atoms with van der Waals surface area (Å²) in [6.45, 7) is 0.461. The summed E-state index contributed by atoms with van der Waals surface area (Å²) in [5.74, 6) is -1.03. The van der Waals surface area contributed by atoms with E-state index in [0.29, 0.717) is 17.9 Å². The van der Waals surface area contributed by atoms with Crippen LogP contribution in [0.25, 0.3) is 5.69 Å². The molecule has 2 amide bonds. The van der Waals surface area contributed by atoms with Crippen LogP contribution in [0.1, 0.15) is 32.1 Å². The van der Waals surface area contributed by atoms with Crippen LogP contribution in [0.2, 0.25) is 0 Å². The summed E-state index contributed by atoms with van der Waals surface area (Å²) < 4.78 is 15.7. The Bertz CT molecular complexity index is 815. The van der Waals surface area contributed by atoms with Crippen LogP contribution in [-0.4, -0.2) is 39.1 Å². The van der Waals surface area contributed by atoms with Gasteiger partial charge in [-0.2, -0.15) is 5.10 Å². The van der Waals surface area contributed by atoms with Gasteiger partial charge in [0, 0.05) is 37.1 Å². The van der Waals surface area contributed by atoms with Crippen LogP contribution < -0.4 is 5.32 Å². The van der Waals surface area contributed by atoms with Gasteiger partial charge < -0.3 is 10.2 Å². The van der Waals surface area contributed by atoms with Crippen molar-refractivity contribution >= 4 is 17.5 Å². The molecule has 136 valence electrons. The van der Waals surface area contributed by atoms with Gasteiger partial charge in [-0.1, -0.05) is 12.8 Å². The van der Waals surface area contributed by atoms with Gasteiger partial charge in [0.1, 0.15) is 5.69 Å². The first-order valence-corrected chi connectivity index (χ1v) is 9.02. The zero-order valence-electron chi connectivity index (χ0n) is 14.4. The van der Waals surface area contributed by atoms with Crippen molar-refractivity contribution in [3.63, 3.8) is 0 Å². The van der Waals surface area contributed by atoms with Crippen molar-refractivity contribution < 1.29 is 14.0 Å². The Morgan fingerprint density at radius 3 is 2.77 bits per heavy atom. The van der Waals surface area contributed by atoms with E-state index >= 15 is 0 Å². The number of benzene rings is 1. The number of carbonyl (C=O) groups is 2. The van der Waals surface area contributed by atoms with Gasteiger partial charge in [0.05, 0.1) is 5.92 Å². The smallest absolute Gasteiger partial charge is 0.229 e. The Morgan fingerprint density at radius 1 is 1.27 bits per heavy atom. The second-order valence-corrected chi connectivity index (χ2v) is 6.99. The van der Waals surface area contributed by atoms with Crippen molar-refractivity contribution in [3.05, 3.63) is 42.5 Å². The van der Waals surface area contributed by atoms with Crippen LogP contribution in [0, 0.1) is 11.7 Å². The highest BCUT2D eigenvalue weighted by atomic mass is 19.1. The number of aromatic nitrogens is 2. The fraction of sp³-hybridized carbons (Fsp3) is 0.421. The molecule has 2 aromatic rings. The first-order valence-electron chi connectivity index (χ1n) is 9.02. The maximum Gasteiger partial charge on any atom is 0.229 e. The third kappa shape index (κ3) is 3.21. The lowest BCUT2D eigenvalue weighted by Gasteiger charge is -2.23. The second kappa shape index (κ2) is 6.90. The summed E-state index contributed by atoms with van der Waals surface area (Å²) >= 11 is 0. The molecule has 26 heavy (non-hydrogen) atoms. The molecular weight excluding hydrogens is 335 g/mol. The van der Waals surface area contributed by atoms with Crippen molar-refractivity contribution in [2.45, 2.75) is 38.1 Å². The zero-order valence-corrected chi connectivity index (χ0v) is 14.4. The van der Waals surface area contributed by atoms with Crippen molar-refractivity contribution in [2.75, 3.05) is 11.9 Å². The van der Waals surface area contributed by atoms with Crippen LogP contribution in [-0.2, 0) is 9.59 Å². The van der Waals surface area contributed by atoms with E-state index in [1.54, 1.807) is 30.6 Å². The summed E-state index contributed by atoms with van der Waals surface area (Å²) in [5, 5.41) is 6.74. The third-order valence-electron chi connectivity index (χ3n) is 5.26. The first kappa shape index (κ1) is 16.8. The molecule has 2 aliphatic rings. The number of anilines is 1. The molecule has 0 spiro atoms. The molecular formula is C19H21FN4O2. The molecule has 1 aromatic carbocycles. The highest BCUT2D eigenvalue weighted by Crippen LogP contribution is 2.30. The number of halogens is 1. The third-order valence-corrected chi connectivity index (χ3v) is 5.26. The lowest BCUT2D eigenvalue weighted by molar-refractivity contribution is -0.129. The second-order valence-electron chi connectivity index (χ2n) is 6.99. The van der Waals surface area contributed by atoms with E-state index in [2.05, 4.69) is 10.4 Å². The summed E-state index contributed by atoms with van der Waals surface area (Å²) in [6, 6.07) is 6.49. The van der Waals surface area contributed by atoms with Gasteiger partial charge in [-0.25, -0.2) is 9.07 Å². The fourth-order valence-corrected chi connectivity index (χ4v) is 3.90. The largest absolute Gasteiger partial charge is 0.339 e. The van der Waals surface area contributed by atoms with Gasteiger partial charge in [-0.3, -0.25) is 9.59 Å². The van der Waals surface area contributed by atoms with Gasteiger partial charge in [0.25, 0.3) is 0 Å². The van der Waals surface area contributed by atoms with E-state index in [9.17, 15) is 14.0 Å².